The minimum atomic E-state index is 0.0662. The molecule has 1 fully saturated rings. The number of nitrogens with zero attached hydrogens (tertiary/aromatic N) is 2. The van der Waals surface area contributed by atoms with E-state index in [0.717, 1.165) is 38.3 Å². The fraction of sp³-hybridized carbons (Fsp3) is 0.562. The second-order valence-corrected chi connectivity index (χ2v) is 5.79. The first-order valence-electron chi connectivity index (χ1n) is 7.61. The Bertz CT molecular complexity index is 502. The number of halogens is 1. The van der Waals surface area contributed by atoms with Crippen molar-refractivity contribution in [3.05, 3.63) is 28.8 Å². The van der Waals surface area contributed by atoms with Gasteiger partial charge in [-0.3, -0.25) is 9.69 Å². The predicted octanol–water partition coefficient (Wildman–Crippen LogP) is 2.94. The number of carbonyl (C=O) groups is 1. The van der Waals surface area contributed by atoms with Gasteiger partial charge >= 0.3 is 0 Å². The third-order valence-electron chi connectivity index (χ3n) is 4.26. The van der Waals surface area contributed by atoms with E-state index in [0.29, 0.717) is 16.6 Å². The van der Waals surface area contributed by atoms with E-state index >= 15 is 0 Å². The Hall–Kier alpha value is -1.26. The highest BCUT2D eigenvalue weighted by molar-refractivity contribution is 6.31. The van der Waals surface area contributed by atoms with Gasteiger partial charge in [0.1, 0.15) is 0 Å². The summed E-state index contributed by atoms with van der Waals surface area (Å²) < 4.78 is 0. The zero-order chi connectivity index (χ0) is 15.4. The molecule has 0 bridgehead atoms. The Morgan fingerprint density at radius 2 is 2.14 bits per heavy atom. The van der Waals surface area contributed by atoms with Crippen LogP contribution < -0.4 is 5.32 Å². The summed E-state index contributed by atoms with van der Waals surface area (Å²) in [5.74, 6) is 0.0662. The van der Waals surface area contributed by atoms with E-state index in [9.17, 15) is 4.79 Å². The van der Waals surface area contributed by atoms with Crippen LogP contribution in [0.1, 0.15) is 30.6 Å². The van der Waals surface area contributed by atoms with Crippen molar-refractivity contribution in [2.24, 2.45) is 0 Å². The Labute approximate surface area is 132 Å². The lowest BCUT2D eigenvalue weighted by molar-refractivity contribution is 0.0779. The average Bonchev–Trinajstić information content (AvgIpc) is 2.97. The SMILES string of the molecule is CCN(CC)C1CCN(C(=O)c2cc(Cl)ccc2NC)C1. The van der Waals surface area contributed by atoms with Gasteiger partial charge in [0.25, 0.3) is 5.91 Å². The maximum Gasteiger partial charge on any atom is 0.256 e. The molecule has 0 aromatic heterocycles. The number of likely N-dealkylation sites (tertiary alicyclic amines) is 1. The Morgan fingerprint density at radius 3 is 2.76 bits per heavy atom. The first-order chi connectivity index (χ1) is 10.1. The second-order valence-electron chi connectivity index (χ2n) is 5.35. The zero-order valence-electron chi connectivity index (χ0n) is 13.0. The van der Waals surface area contributed by atoms with E-state index in [1.54, 1.807) is 12.1 Å². The van der Waals surface area contributed by atoms with Crippen LogP contribution >= 0.6 is 11.6 Å². The largest absolute Gasteiger partial charge is 0.387 e. The summed E-state index contributed by atoms with van der Waals surface area (Å²) in [6, 6.07) is 5.88. The molecular weight excluding hydrogens is 286 g/mol. The molecule has 1 unspecified atom stereocenters. The third kappa shape index (κ3) is 3.50. The van der Waals surface area contributed by atoms with Crippen molar-refractivity contribution in [3.8, 4) is 0 Å². The maximum atomic E-state index is 12.7. The van der Waals surface area contributed by atoms with Gasteiger partial charge in [-0.1, -0.05) is 25.4 Å². The lowest BCUT2D eigenvalue weighted by Gasteiger charge is -2.26. The molecule has 0 aliphatic carbocycles. The molecule has 0 saturated carbocycles. The zero-order valence-corrected chi connectivity index (χ0v) is 13.8. The van der Waals surface area contributed by atoms with Crippen molar-refractivity contribution in [1.29, 1.82) is 0 Å². The lowest BCUT2D eigenvalue weighted by atomic mass is 10.1. The molecule has 1 aliphatic heterocycles. The van der Waals surface area contributed by atoms with Gasteiger partial charge in [0, 0.05) is 36.9 Å². The van der Waals surface area contributed by atoms with Gasteiger partial charge in [-0.2, -0.15) is 0 Å². The van der Waals surface area contributed by atoms with Crippen molar-refractivity contribution in [2.45, 2.75) is 26.3 Å². The molecule has 1 amide bonds. The topological polar surface area (TPSA) is 35.6 Å². The van der Waals surface area contributed by atoms with Crippen LogP contribution in [0.25, 0.3) is 0 Å². The van der Waals surface area contributed by atoms with Crippen molar-refractivity contribution >= 4 is 23.2 Å². The van der Waals surface area contributed by atoms with Crippen molar-refractivity contribution in [1.82, 2.24) is 9.80 Å². The van der Waals surface area contributed by atoms with E-state index in [1.807, 2.05) is 18.0 Å². The molecule has 1 aliphatic rings. The number of carbonyl (C=O) groups excluding carboxylic acids is 1. The van der Waals surface area contributed by atoms with Crippen molar-refractivity contribution in [2.75, 3.05) is 38.5 Å². The summed E-state index contributed by atoms with van der Waals surface area (Å²) in [4.78, 5) is 17.1. The monoisotopic (exact) mass is 309 g/mol. The van der Waals surface area contributed by atoms with Gasteiger partial charge in [-0.25, -0.2) is 0 Å². The van der Waals surface area contributed by atoms with Crippen LogP contribution in [0.3, 0.4) is 0 Å². The fourth-order valence-electron chi connectivity index (χ4n) is 3.05. The highest BCUT2D eigenvalue weighted by Crippen LogP contribution is 2.24. The quantitative estimate of drug-likeness (QED) is 0.908. The number of likely N-dealkylation sites (N-methyl/N-ethyl adjacent to an activating group) is 1. The number of anilines is 1. The predicted molar refractivity (Wildman–Crippen MR) is 88.2 cm³/mol. The van der Waals surface area contributed by atoms with Gasteiger partial charge in [-0.15, -0.1) is 0 Å². The Morgan fingerprint density at radius 1 is 1.43 bits per heavy atom. The molecule has 2 rings (SSSR count). The molecule has 0 spiro atoms. The first kappa shape index (κ1) is 16.1. The fourth-order valence-corrected chi connectivity index (χ4v) is 3.22. The smallest absolute Gasteiger partial charge is 0.256 e. The second kappa shape index (κ2) is 7.14. The van der Waals surface area contributed by atoms with Crippen molar-refractivity contribution in [3.63, 3.8) is 0 Å². The first-order valence-corrected chi connectivity index (χ1v) is 7.99. The number of amides is 1. The van der Waals surface area contributed by atoms with E-state index in [2.05, 4.69) is 24.1 Å². The summed E-state index contributed by atoms with van der Waals surface area (Å²) >= 11 is 6.04. The Kier molecular flexibility index (Phi) is 5.48. The van der Waals surface area contributed by atoms with Gasteiger partial charge in [-0.05, 0) is 37.7 Å². The highest BCUT2D eigenvalue weighted by atomic mass is 35.5. The van der Waals surface area contributed by atoms with Crippen molar-refractivity contribution < 1.29 is 4.79 Å². The summed E-state index contributed by atoms with van der Waals surface area (Å²) in [5.41, 5.74) is 1.49. The normalized spacial score (nSPS) is 18.3. The molecule has 1 atom stereocenters. The van der Waals surface area contributed by atoms with Crippen LogP contribution in [0.2, 0.25) is 5.02 Å². The molecule has 1 aromatic rings. The van der Waals surface area contributed by atoms with E-state index in [-0.39, 0.29) is 5.91 Å². The summed E-state index contributed by atoms with van der Waals surface area (Å²) in [5, 5.41) is 3.66. The number of nitrogens with one attached hydrogen (secondary N) is 1. The van der Waals surface area contributed by atoms with Gasteiger partial charge < -0.3 is 10.2 Å². The Balaban J connectivity index is 2.13. The molecule has 1 aromatic carbocycles. The van der Waals surface area contributed by atoms with Crippen LogP contribution in [0.15, 0.2) is 18.2 Å². The van der Waals surface area contributed by atoms with Gasteiger partial charge in [0.05, 0.1) is 5.56 Å². The standard InChI is InChI=1S/C16H24ClN3O/c1-4-19(5-2)13-8-9-20(11-13)16(21)14-10-12(17)6-7-15(14)18-3/h6-7,10,13,18H,4-5,8-9,11H2,1-3H3. The molecule has 1 saturated heterocycles. The van der Waals surface area contributed by atoms with Crippen LogP contribution in [0, 0.1) is 0 Å². The third-order valence-corrected chi connectivity index (χ3v) is 4.50. The number of hydrogen-bond acceptors (Lipinski definition) is 3. The van der Waals surface area contributed by atoms with E-state index < -0.39 is 0 Å². The molecular formula is C16H24ClN3O. The number of rotatable bonds is 5. The lowest BCUT2D eigenvalue weighted by Crippen LogP contribution is -2.38. The number of hydrogen-bond donors (Lipinski definition) is 1. The van der Waals surface area contributed by atoms with Crippen LogP contribution in [0.4, 0.5) is 5.69 Å². The van der Waals surface area contributed by atoms with Crippen LogP contribution in [-0.4, -0.2) is 55.0 Å². The van der Waals surface area contributed by atoms with Gasteiger partial charge in [0.15, 0.2) is 0 Å². The van der Waals surface area contributed by atoms with Crippen LogP contribution in [0.5, 0.6) is 0 Å². The van der Waals surface area contributed by atoms with Gasteiger partial charge in [0.2, 0.25) is 0 Å². The van der Waals surface area contributed by atoms with Crippen LogP contribution in [-0.2, 0) is 0 Å². The average molecular weight is 310 g/mol. The molecule has 1 N–H and O–H groups in total. The molecule has 4 nitrogen and oxygen atoms in total. The summed E-state index contributed by atoms with van der Waals surface area (Å²) in [6.45, 7) is 8.02. The molecule has 116 valence electrons. The molecule has 5 heteroatoms. The maximum absolute atomic E-state index is 12.7. The highest BCUT2D eigenvalue weighted by Gasteiger charge is 2.30. The molecule has 0 radical (unpaired) electrons. The number of benzene rings is 1. The minimum Gasteiger partial charge on any atom is -0.387 e. The summed E-state index contributed by atoms with van der Waals surface area (Å²) in [6.07, 6.45) is 1.04. The summed E-state index contributed by atoms with van der Waals surface area (Å²) in [7, 11) is 1.82. The molecule has 21 heavy (non-hydrogen) atoms. The minimum absolute atomic E-state index is 0.0662. The van der Waals surface area contributed by atoms with E-state index in [1.165, 1.54) is 0 Å². The molecule has 1 heterocycles. The van der Waals surface area contributed by atoms with E-state index in [4.69, 9.17) is 11.6 Å².